The summed E-state index contributed by atoms with van der Waals surface area (Å²) < 4.78 is 0. The first-order valence-electron chi connectivity index (χ1n) is 7.21. The van der Waals surface area contributed by atoms with Crippen LogP contribution in [0.25, 0.3) is 0 Å². The number of amides is 1. The summed E-state index contributed by atoms with van der Waals surface area (Å²) in [5.74, 6) is -1.04. The molecule has 0 aliphatic carbocycles. The van der Waals surface area contributed by atoms with E-state index in [1.807, 2.05) is 13.0 Å². The molecule has 0 radical (unpaired) electrons. The van der Waals surface area contributed by atoms with Crippen LogP contribution < -0.4 is 5.32 Å². The monoisotopic (exact) mass is 317 g/mol. The molecule has 1 aromatic carbocycles. The van der Waals surface area contributed by atoms with Gasteiger partial charge < -0.3 is 10.4 Å². The predicted molar refractivity (Wildman–Crippen MR) is 88.8 cm³/mol. The smallest absolute Gasteiger partial charge is 0.307 e. The lowest BCUT2D eigenvalue weighted by molar-refractivity contribution is -0.136. The molecule has 116 valence electrons. The molecule has 0 atom stereocenters. The minimum Gasteiger partial charge on any atom is -0.481 e. The average Bonchev–Trinajstić information content (AvgIpc) is 2.80. The van der Waals surface area contributed by atoms with Crippen molar-refractivity contribution >= 4 is 28.9 Å². The molecule has 22 heavy (non-hydrogen) atoms. The second-order valence-electron chi connectivity index (χ2n) is 5.17. The predicted octanol–water partition coefficient (Wildman–Crippen LogP) is 3.89. The Kier molecular flexibility index (Phi) is 5.33. The van der Waals surface area contributed by atoms with E-state index in [9.17, 15) is 9.59 Å². The van der Waals surface area contributed by atoms with E-state index in [-0.39, 0.29) is 12.3 Å². The number of carboxylic acids is 1. The highest BCUT2D eigenvalue weighted by Crippen LogP contribution is 2.24. The van der Waals surface area contributed by atoms with Crippen molar-refractivity contribution in [3.63, 3.8) is 0 Å². The Balaban J connectivity index is 2.11. The zero-order valence-corrected chi connectivity index (χ0v) is 13.5. The molecule has 1 heterocycles. The molecule has 0 saturated heterocycles. The number of carbonyl (C=O) groups excluding carboxylic acids is 1. The van der Waals surface area contributed by atoms with Gasteiger partial charge in [0.15, 0.2) is 0 Å². The first-order chi connectivity index (χ1) is 10.5. The van der Waals surface area contributed by atoms with Gasteiger partial charge >= 0.3 is 5.97 Å². The molecule has 2 N–H and O–H groups in total. The summed E-state index contributed by atoms with van der Waals surface area (Å²) in [6.07, 6.45) is 1.97. The van der Waals surface area contributed by atoms with Gasteiger partial charge in [0.2, 0.25) is 0 Å². The van der Waals surface area contributed by atoms with Crippen LogP contribution in [0, 0.1) is 6.92 Å². The highest BCUT2D eigenvalue weighted by molar-refractivity contribution is 7.14. The van der Waals surface area contributed by atoms with Crippen LogP contribution in [-0.4, -0.2) is 17.0 Å². The van der Waals surface area contributed by atoms with Crippen LogP contribution in [0.3, 0.4) is 0 Å². The highest BCUT2D eigenvalue weighted by Gasteiger charge is 2.12. The summed E-state index contributed by atoms with van der Waals surface area (Å²) in [5.41, 5.74) is 2.50. The standard InChI is InChI=1S/C17H19NO3S/c1-3-5-13-10-15(22-11(13)2)17(21)18-14-7-4-6-12(8-14)9-16(19)20/h4,6-8,10H,3,5,9H2,1-2H3,(H,18,21)(H,19,20). The molecule has 0 bridgehead atoms. The van der Waals surface area contributed by atoms with Gasteiger partial charge in [0, 0.05) is 10.6 Å². The van der Waals surface area contributed by atoms with Gasteiger partial charge in [-0.05, 0) is 42.7 Å². The maximum absolute atomic E-state index is 12.3. The molecule has 2 rings (SSSR count). The number of carboxylic acid groups (broad SMARTS) is 1. The molecule has 4 nitrogen and oxygen atoms in total. The summed E-state index contributed by atoms with van der Waals surface area (Å²) in [7, 11) is 0. The summed E-state index contributed by atoms with van der Waals surface area (Å²) >= 11 is 1.49. The highest BCUT2D eigenvalue weighted by atomic mass is 32.1. The maximum Gasteiger partial charge on any atom is 0.307 e. The summed E-state index contributed by atoms with van der Waals surface area (Å²) in [4.78, 5) is 24.9. The molecule has 0 saturated carbocycles. The van der Waals surface area contributed by atoms with Crippen LogP contribution in [0.5, 0.6) is 0 Å². The third-order valence-electron chi connectivity index (χ3n) is 3.30. The van der Waals surface area contributed by atoms with E-state index in [2.05, 4.69) is 12.2 Å². The molecular formula is C17H19NO3S. The molecule has 0 aliphatic heterocycles. The van der Waals surface area contributed by atoms with Gasteiger partial charge in [-0.15, -0.1) is 11.3 Å². The van der Waals surface area contributed by atoms with Crippen LogP contribution in [0.4, 0.5) is 5.69 Å². The maximum atomic E-state index is 12.3. The van der Waals surface area contributed by atoms with Crippen LogP contribution in [-0.2, 0) is 17.6 Å². The van der Waals surface area contributed by atoms with Gasteiger partial charge in [-0.2, -0.15) is 0 Å². The van der Waals surface area contributed by atoms with Gasteiger partial charge in [0.25, 0.3) is 5.91 Å². The third-order valence-corrected chi connectivity index (χ3v) is 4.40. The minimum absolute atomic E-state index is 0.0531. The second kappa shape index (κ2) is 7.22. The summed E-state index contributed by atoms with van der Waals surface area (Å²) in [6.45, 7) is 4.14. The van der Waals surface area contributed by atoms with Crippen molar-refractivity contribution in [2.45, 2.75) is 33.1 Å². The fourth-order valence-corrected chi connectivity index (χ4v) is 3.24. The van der Waals surface area contributed by atoms with Crippen molar-refractivity contribution in [2.24, 2.45) is 0 Å². The average molecular weight is 317 g/mol. The Morgan fingerprint density at radius 2 is 2.05 bits per heavy atom. The lowest BCUT2D eigenvalue weighted by atomic mass is 10.1. The number of hydrogen-bond donors (Lipinski definition) is 2. The lowest BCUT2D eigenvalue weighted by Crippen LogP contribution is -2.10. The third kappa shape index (κ3) is 4.18. The van der Waals surface area contributed by atoms with Gasteiger partial charge in [0.05, 0.1) is 11.3 Å². The van der Waals surface area contributed by atoms with Gasteiger partial charge in [-0.25, -0.2) is 0 Å². The first-order valence-corrected chi connectivity index (χ1v) is 8.02. The van der Waals surface area contributed by atoms with E-state index in [1.54, 1.807) is 24.3 Å². The van der Waals surface area contributed by atoms with Gasteiger partial charge in [-0.1, -0.05) is 25.5 Å². The first kappa shape index (κ1) is 16.2. The molecule has 0 fully saturated rings. The molecule has 2 aromatic rings. The number of nitrogens with one attached hydrogen (secondary N) is 1. The number of benzene rings is 1. The summed E-state index contributed by atoms with van der Waals surface area (Å²) in [6, 6.07) is 8.88. The Morgan fingerprint density at radius 3 is 2.73 bits per heavy atom. The molecule has 0 aliphatic rings. The molecule has 1 aromatic heterocycles. The van der Waals surface area contributed by atoms with Crippen LogP contribution >= 0.6 is 11.3 Å². The number of carbonyl (C=O) groups is 2. The number of anilines is 1. The molecule has 1 amide bonds. The number of rotatable bonds is 6. The van der Waals surface area contributed by atoms with E-state index in [0.717, 1.165) is 12.8 Å². The fourth-order valence-electron chi connectivity index (χ4n) is 2.28. The van der Waals surface area contributed by atoms with Crippen molar-refractivity contribution in [3.05, 3.63) is 51.2 Å². The Bertz CT molecular complexity index is 691. The Hall–Kier alpha value is -2.14. The summed E-state index contributed by atoms with van der Waals surface area (Å²) in [5, 5.41) is 11.6. The van der Waals surface area contributed by atoms with E-state index in [0.29, 0.717) is 16.1 Å². The van der Waals surface area contributed by atoms with E-state index in [1.165, 1.54) is 21.8 Å². The minimum atomic E-state index is -0.887. The molecule has 0 unspecified atom stereocenters. The van der Waals surface area contributed by atoms with Crippen molar-refractivity contribution < 1.29 is 14.7 Å². The topological polar surface area (TPSA) is 66.4 Å². The normalized spacial score (nSPS) is 10.5. The molecule has 5 heteroatoms. The van der Waals surface area contributed by atoms with Crippen LogP contribution in [0.1, 0.15) is 39.0 Å². The lowest BCUT2D eigenvalue weighted by Gasteiger charge is -2.05. The number of thiophene rings is 1. The number of aliphatic carboxylic acids is 1. The zero-order chi connectivity index (χ0) is 16.1. The van der Waals surface area contributed by atoms with E-state index in [4.69, 9.17) is 5.11 Å². The van der Waals surface area contributed by atoms with Crippen molar-refractivity contribution in [1.29, 1.82) is 0 Å². The van der Waals surface area contributed by atoms with E-state index < -0.39 is 5.97 Å². The van der Waals surface area contributed by atoms with Crippen molar-refractivity contribution in [3.8, 4) is 0 Å². The van der Waals surface area contributed by atoms with Crippen molar-refractivity contribution in [2.75, 3.05) is 5.32 Å². The largest absolute Gasteiger partial charge is 0.481 e. The number of hydrogen-bond acceptors (Lipinski definition) is 3. The fraction of sp³-hybridized carbons (Fsp3) is 0.294. The Labute approximate surface area is 133 Å². The second-order valence-corrected chi connectivity index (χ2v) is 6.42. The SMILES string of the molecule is CCCc1cc(C(=O)Nc2cccc(CC(=O)O)c2)sc1C. The zero-order valence-electron chi connectivity index (χ0n) is 12.7. The molecular weight excluding hydrogens is 298 g/mol. The van der Waals surface area contributed by atoms with Crippen LogP contribution in [0.15, 0.2) is 30.3 Å². The van der Waals surface area contributed by atoms with Gasteiger partial charge in [0.1, 0.15) is 0 Å². The van der Waals surface area contributed by atoms with Crippen molar-refractivity contribution in [1.82, 2.24) is 0 Å². The van der Waals surface area contributed by atoms with E-state index >= 15 is 0 Å². The van der Waals surface area contributed by atoms with Crippen LogP contribution in [0.2, 0.25) is 0 Å². The number of aryl methyl sites for hydroxylation is 2. The molecule has 0 spiro atoms. The quantitative estimate of drug-likeness (QED) is 0.849. The Morgan fingerprint density at radius 1 is 1.27 bits per heavy atom. The van der Waals surface area contributed by atoms with Gasteiger partial charge in [-0.3, -0.25) is 9.59 Å².